The van der Waals surface area contributed by atoms with Gasteiger partial charge in [-0.2, -0.15) is 0 Å². The van der Waals surface area contributed by atoms with Gasteiger partial charge in [0, 0.05) is 22.7 Å². The van der Waals surface area contributed by atoms with Crippen molar-refractivity contribution in [1.29, 1.82) is 0 Å². The summed E-state index contributed by atoms with van der Waals surface area (Å²) in [5.41, 5.74) is 1.73. The minimum absolute atomic E-state index is 0.230. The number of H-pyrrole nitrogens is 1. The molecule has 0 bridgehead atoms. The van der Waals surface area contributed by atoms with E-state index in [4.69, 9.17) is 4.74 Å². The Kier molecular flexibility index (Phi) is 3.08. The Bertz CT molecular complexity index is 684. The Balaban J connectivity index is 2.29. The summed E-state index contributed by atoms with van der Waals surface area (Å²) in [5, 5.41) is 10.6. The van der Waals surface area contributed by atoms with E-state index in [0.717, 1.165) is 22.2 Å². The molecule has 1 unspecified atom stereocenters. The van der Waals surface area contributed by atoms with Gasteiger partial charge in [0.1, 0.15) is 12.4 Å². The van der Waals surface area contributed by atoms with Crippen LogP contribution in [0.4, 0.5) is 4.79 Å². The second-order valence-corrected chi connectivity index (χ2v) is 6.51. The molecule has 1 aliphatic rings. The fourth-order valence-electron chi connectivity index (χ4n) is 3.19. The average molecular weight is 288 g/mol. The largest absolute Gasteiger partial charge is 0.491 e. The maximum absolute atomic E-state index is 11.7. The molecule has 5 nitrogen and oxygen atoms in total. The molecule has 21 heavy (non-hydrogen) atoms. The Morgan fingerprint density at radius 1 is 1.38 bits per heavy atom. The van der Waals surface area contributed by atoms with E-state index in [9.17, 15) is 9.90 Å². The van der Waals surface area contributed by atoms with Crippen LogP contribution in [0.25, 0.3) is 10.9 Å². The number of ether oxygens (including phenoxy) is 1. The summed E-state index contributed by atoms with van der Waals surface area (Å²) < 4.78 is 5.81. The molecule has 2 N–H and O–H groups in total. The molecular weight excluding hydrogens is 268 g/mol. The van der Waals surface area contributed by atoms with Crippen molar-refractivity contribution in [2.75, 3.05) is 13.2 Å². The lowest BCUT2D eigenvalue weighted by Crippen LogP contribution is -2.41. The predicted octanol–water partition coefficient (Wildman–Crippen LogP) is 3.63. The molecule has 5 heteroatoms. The summed E-state index contributed by atoms with van der Waals surface area (Å²) in [6, 6.07) is 5.65. The van der Waals surface area contributed by atoms with Gasteiger partial charge in [0.15, 0.2) is 0 Å². The normalized spacial score (nSPS) is 19.0. The molecule has 0 radical (unpaired) electrons. The molecule has 112 valence electrons. The minimum atomic E-state index is -0.904. The molecule has 1 aromatic carbocycles. The summed E-state index contributed by atoms with van der Waals surface area (Å²) in [7, 11) is 0. The van der Waals surface area contributed by atoms with Crippen LogP contribution in [0.5, 0.6) is 5.75 Å². The molecule has 0 fully saturated rings. The first-order valence-electron chi connectivity index (χ1n) is 7.12. The van der Waals surface area contributed by atoms with Gasteiger partial charge in [0.25, 0.3) is 0 Å². The van der Waals surface area contributed by atoms with Crippen LogP contribution in [0.3, 0.4) is 0 Å². The molecule has 2 aromatic rings. The average Bonchev–Trinajstić information content (AvgIpc) is 2.76. The quantitative estimate of drug-likeness (QED) is 0.778. The third-order valence-corrected chi connectivity index (χ3v) is 3.98. The van der Waals surface area contributed by atoms with E-state index >= 15 is 0 Å². The van der Waals surface area contributed by atoms with Gasteiger partial charge >= 0.3 is 6.09 Å². The SMILES string of the molecule is CC(C)(C)C1c2c(ccc3[nH]ccc23)OCCN1C(=O)O. The summed E-state index contributed by atoms with van der Waals surface area (Å²) in [5.74, 6) is 0.783. The van der Waals surface area contributed by atoms with Crippen molar-refractivity contribution in [3.8, 4) is 5.75 Å². The lowest BCUT2D eigenvalue weighted by atomic mass is 9.80. The van der Waals surface area contributed by atoms with Crippen LogP contribution in [0, 0.1) is 5.41 Å². The topological polar surface area (TPSA) is 65.6 Å². The second-order valence-electron chi connectivity index (χ2n) is 6.51. The van der Waals surface area contributed by atoms with E-state index in [0.29, 0.717) is 13.2 Å². The van der Waals surface area contributed by atoms with Gasteiger partial charge in [-0.3, -0.25) is 4.90 Å². The van der Waals surface area contributed by atoms with Crippen LogP contribution in [0.15, 0.2) is 24.4 Å². The third kappa shape index (κ3) is 2.22. The van der Waals surface area contributed by atoms with Crippen molar-refractivity contribution in [3.63, 3.8) is 0 Å². The molecule has 0 spiro atoms. The number of nitrogens with zero attached hydrogens (tertiary/aromatic N) is 1. The summed E-state index contributed by atoms with van der Waals surface area (Å²) in [6.07, 6.45) is 0.972. The molecule has 0 aliphatic carbocycles. The summed E-state index contributed by atoms with van der Waals surface area (Å²) in [4.78, 5) is 16.4. The second kappa shape index (κ2) is 4.69. The van der Waals surface area contributed by atoms with Crippen molar-refractivity contribution in [2.45, 2.75) is 26.8 Å². The maximum Gasteiger partial charge on any atom is 0.407 e. The fraction of sp³-hybridized carbons (Fsp3) is 0.438. The number of carbonyl (C=O) groups is 1. The highest BCUT2D eigenvalue weighted by molar-refractivity contribution is 5.86. The Morgan fingerprint density at radius 3 is 2.81 bits per heavy atom. The number of aromatic amines is 1. The molecule has 1 amide bonds. The molecule has 0 saturated heterocycles. The Labute approximate surface area is 123 Å². The van der Waals surface area contributed by atoms with E-state index in [1.807, 2.05) is 24.4 Å². The van der Waals surface area contributed by atoms with Crippen LogP contribution in [0.2, 0.25) is 0 Å². The number of benzene rings is 1. The lowest BCUT2D eigenvalue weighted by molar-refractivity contribution is 0.0817. The van der Waals surface area contributed by atoms with Crippen molar-refractivity contribution in [2.24, 2.45) is 5.41 Å². The number of aromatic nitrogens is 1. The van der Waals surface area contributed by atoms with E-state index in [1.165, 1.54) is 4.90 Å². The van der Waals surface area contributed by atoms with Gasteiger partial charge in [-0.25, -0.2) is 4.79 Å². The van der Waals surface area contributed by atoms with Crippen molar-refractivity contribution >= 4 is 17.0 Å². The molecule has 3 rings (SSSR count). The van der Waals surface area contributed by atoms with Gasteiger partial charge in [-0.05, 0) is 23.6 Å². The van der Waals surface area contributed by atoms with Crippen LogP contribution < -0.4 is 4.74 Å². The maximum atomic E-state index is 11.7. The molecular formula is C16H20N2O3. The first-order valence-corrected chi connectivity index (χ1v) is 7.12. The van der Waals surface area contributed by atoms with Gasteiger partial charge in [-0.15, -0.1) is 0 Å². The van der Waals surface area contributed by atoms with E-state index in [-0.39, 0.29) is 11.5 Å². The third-order valence-electron chi connectivity index (χ3n) is 3.98. The number of hydrogen-bond acceptors (Lipinski definition) is 2. The predicted molar refractivity (Wildman–Crippen MR) is 80.7 cm³/mol. The number of rotatable bonds is 0. The van der Waals surface area contributed by atoms with E-state index < -0.39 is 6.09 Å². The van der Waals surface area contributed by atoms with Gasteiger partial charge < -0.3 is 14.8 Å². The fourth-order valence-corrected chi connectivity index (χ4v) is 3.19. The minimum Gasteiger partial charge on any atom is -0.491 e. The molecule has 1 aliphatic heterocycles. The highest BCUT2D eigenvalue weighted by Crippen LogP contribution is 2.46. The van der Waals surface area contributed by atoms with Gasteiger partial charge in [0.2, 0.25) is 0 Å². The number of amides is 1. The highest BCUT2D eigenvalue weighted by Gasteiger charge is 2.39. The summed E-state index contributed by atoms with van der Waals surface area (Å²) >= 11 is 0. The highest BCUT2D eigenvalue weighted by atomic mass is 16.5. The van der Waals surface area contributed by atoms with Crippen LogP contribution >= 0.6 is 0 Å². The summed E-state index contributed by atoms with van der Waals surface area (Å²) in [6.45, 7) is 6.94. The van der Waals surface area contributed by atoms with E-state index in [2.05, 4.69) is 25.8 Å². The van der Waals surface area contributed by atoms with Crippen LogP contribution in [-0.4, -0.2) is 34.2 Å². The van der Waals surface area contributed by atoms with Crippen molar-refractivity contribution in [3.05, 3.63) is 30.0 Å². The number of nitrogens with one attached hydrogen (secondary N) is 1. The van der Waals surface area contributed by atoms with Crippen LogP contribution in [0.1, 0.15) is 32.4 Å². The van der Waals surface area contributed by atoms with E-state index in [1.54, 1.807) is 0 Å². The van der Waals surface area contributed by atoms with Gasteiger partial charge in [-0.1, -0.05) is 20.8 Å². The zero-order valence-corrected chi connectivity index (χ0v) is 12.5. The smallest absolute Gasteiger partial charge is 0.407 e. The van der Waals surface area contributed by atoms with Crippen molar-refractivity contribution in [1.82, 2.24) is 9.88 Å². The van der Waals surface area contributed by atoms with Crippen LogP contribution in [-0.2, 0) is 0 Å². The molecule has 2 heterocycles. The monoisotopic (exact) mass is 288 g/mol. The zero-order valence-electron chi connectivity index (χ0n) is 12.5. The van der Waals surface area contributed by atoms with Crippen molar-refractivity contribution < 1.29 is 14.6 Å². The number of carboxylic acid groups (broad SMARTS) is 1. The Hall–Kier alpha value is -2.17. The van der Waals surface area contributed by atoms with Gasteiger partial charge in [0.05, 0.1) is 12.6 Å². The Morgan fingerprint density at radius 2 is 2.14 bits per heavy atom. The number of fused-ring (bicyclic) bond motifs is 3. The molecule has 0 saturated carbocycles. The molecule has 1 aromatic heterocycles. The number of hydrogen-bond donors (Lipinski definition) is 2. The first kappa shape index (κ1) is 13.8. The zero-order chi connectivity index (χ0) is 15.2. The lowest BCUT2D eigenvalue weighted by Gasteiger charge is -2.37. The first-order chi connectivity index (χ1) is 9.89. The molecule has 1 atom stereocenters. The standard InChI is InChI=1S/C16H20N2O3/c1-16(2,3)14-13-10-6-7-17-11(10)4-5-12(13)21-9-8-18(14)15(19)20/h4-7,14,17H,8-9H2,1-3H3,(H,19,20).